The number of nitrogens with one attached hydrogen (secondary N) is 1. The predicted molar refractivity (Wildman–Crippen MR) is 67.9 cm³/mol. The molecule has 0 bridgehead atoms. The number of anilines is 1. The molecule has 0 radical (unpaired) electrons. The van der Waals surface area contributed by atoms with Gasteiger partial charge in [0.1, 0.15) is 0 Å². The fourth-order valence-electron chi connectivity index (χ4n) is 0.976. The summed E-state index contributed by atoms with van der Waals surface area (Å²) in [6.07, 6.45) is 0. The van der Waals surface area contributed by atoms with Gasteiger partial charge in [-0.2, -0.15) is 5.43 Å². The van der Waals surface area contributed by atoms with Gasteiger partial charge in [-0.05, 0) is 22.2 Å². The Bertz CT molecular complexity index is 526. The van der Waals surface area contributed by atoms with Crippen molar-refractivity contribution in [1.82, 2.24) is 0 Å². The molecule has 0 unspecified atom stereocenters. The summed E-state index contributed by atoms with van der Waals surface area (Å²) in [5.41, 5.74) is 8.26. The van der Waals surface area contributed by atoms with Crippen LogP contribution >= 0.6 is 0 Å². The van der Waals surface area contributed by atoms with E-state index in [9.17, 15) is 14.9 Å². The average molecular weight is 265 g/mol. The Hall–Kier alpha value is -2.97. The molecule has 0 atom stereocenters. The SMILES string of the molecule is CC(=O)O/N=C(N)/C(=N/Nc1ccccc1)[N+](=O)[O-]. The van der Waals surface area contributed by atoms with Crippen molar-refractivity contribution >= 4 is 23.3 Å². The zero-order chi connectivity index (χ0) is 14.3. The zero-order valence-electron chi connectivity index (χ0n) is 9.94. The van der Waals surface area contributed by atoms with Gasteiger partial charge in [-0.1, -0.05) is 18.2 Å². The highest BCUT2D eigenvalue weighted by molar-refractivity contribution is 6.36. The predicted octanol–water partition coefficient (Wildman–Crippen LogP) is 0.524. The second-order valence-corrected chi connectivity index (χ2v) is 3.23. The molecule has 1 aromatic carbocycles. The normalized spacial score (nSPS) is 11.8. The van der Waals surface area contributed by atoms with Crippen molar-refractivity contribution in [1.29, 1.82) is 0 Å². The van der Waals surface area contributed by atoms with E-state index in [4.69, 9.17) is 5.73 Å². The molecule has 1 rings (SSSR count). The van der Waals surface area contributed by atoms with Crippen molar-refractivity contribution in [3.05, 3.63) is 40.4 Å². The van der Waals surface area contributed by atoms with Gasteiger partial charge in [0.15, 0.2) is 0 Å². The fraction of sp³-hybridized carbons (Fsp3) is 0.100. The largest absolute Gasteiger partial charge is 0.433 e. The van der Waals surface area contributed by atoms with Gasteiger partial charge in [-0.3, -0.25) is 0 Å². The van der Waals surface area contributed by atoms with Gasteiger partial charge < -0.3 is 20.7 Å². The number of hydrazone groups is 1. The van der Waals surface area contributed by atoms with Gasteiger partial charge >= 0.3 is 11.8 Å². The van der Waals surface area contributed by atoms with E-state index in [2.05, 4.69) is 20.5 Å². The highest BCUT2D eigenvalue weighted by Gasteiger charge is 2.20. The van der Waals surface area contributed by atoms with E-state index in [1.807, 2.05) is 0 Å². The van der Waals surface area contributed by atoms with Crippen LogP contribution in [0.3, 0.4) is 0 Å². The van der Waals surface area contributed by atoms with Crippen molar-refractivity contribution in [3.63, 3.8) is 0 Å². The lowest BCUT2D eigenvalue weighted by Crippen LogP contribution is -2.31. The second kappa shape index (κ2) is 6.69. The maximum Gasteiger partial charge on any atom is 0.433 e. The quantitative estimate of drug-likeness (QED) is 0.269. The molecule has 9 heteroatoms. The molecule has 100 valence electrons. The standard InChI is InChI=1S/C10H11N5O4/c1-7(16)19-14-9(11)10(15(17)18)13-12-8-5-3-2-4-6-8/h2-6,12H,1H3,(H2,11,14)/b13-10-. The number of carbonyl (C=O) groups excluding carboxylic acids is 1. The van der Waals surface area contributed by atoms with Gasteiger partial charge in [0, 0.05) is 6.92 Å². The third-order valence-electron chi connectivity index (χ3n) is 1.74. The van der Waals surface area contributed by atoms with Gasteiger partial charge in [0.05, 0.1) is 10.8 Å². The maximum atomic E-state index is 10.7. The summed E-state index contributed by atoms with van der Waals surface area (Å²) in [5, 5.41) is 17.3. The lowest BCUT2D eigenvalue weighted by Gasteiger charge is -1.98. The van der Waals surface area contributed by atoms with Crippen molar-refractivity contribution in [2.45, 2.75) is 6.92 Å². The van der Waals surface area contributed by atoms with E-state index < -0.39 is 22.6 Å². The Morgan fingerprint density at radius 1 is 1.42 bits per heavy atom. The molecule has 0 aliphatic rings. The molecule has 3 N–H and O–H groups in total. The van der Waals surface area contributed by atoms with E-state index >= 15 is 0 Å². The Kier molecular flexibility index (Phi) is 4.96. The summed E-state index contributed by atoms with van der Waals surface area (Å²) in [6.45, 7) is 1.09. The summed E-state index contributed by atoms with van der Waals surface area (Å²) in [6, 6.07) is 8.53. The van der Waals surface area contributed by atoms with Crippen LogP contribution in [0.1, 0.15) is 6.92 Å². The number of hydrogen-bond acceptors (Lipinski definition) is 7. The van der Waals surface area contributed by atoms with Gasteiger partial charge in [0.2, 0.25) is 0 Å². The van der Waals surface area contributed by atoms with Crippen LogP contribution in [0.2, 0.25) is 0 Å². The minimum atomic E-state index is -0.849. The summed E-state index contributed by atoms with van der Waals surface area (Å²) < 4.78 is 0. The molecule has 0 aliphatic carbocycles. The molecule has 0 amide bonds. The van der Waals surface area contributed by atoms with Crippen LogP contribution in [0.5, 0.6) is 0 Å². The summed E-state index contributed by atoms with van der Waals surface area (Å²) in [5.74, 6) is -2.13. The van der Waals surface area contributed by atoms with Gasteiger partial charge in [0.25, 0.3) is 5.84 Å². The third kappa shape index (κ3) is 4.81. The first-order valence-electron chi connectivity index (χ1n) is 5.05. The number of rotatable bonds is 3. The van der Waals surface area contributed by atoms with Crippen LogP contribution < -0.4 is 11.2 Å². The van der Waals surface area contributed by atoms with Crippen LogP contribution in [0.25, 0.3) is 0 Å². The fourth-order valence-corrected chi connectivity index (χ4v) is 0.976. The number of amidine groups is 2. The minimum Gasteiger partial charge on any atom is -0.374 e. The number of benzene rings is 1. The molecule has 0 saturated carbocycles. The molecular formula is C10H11N5O4. The number of para-hydroxylation sites is 1. The number of nitrogens with two attached hydrogens (primary N) is 1. The second-order valence-electron chi connectivity index (χ2n) is 3.23. The number of carbonyl (C=O) groups is 1. The number of nitro groups is 1. The molecule has 1 aromatic rings. The summed E-state index contributed by atoms with van der Waals surface area (Å²) in [7, 11) is 0. The number of oxime groups is 1. The third-order valence-corrected chi connectivity index (χ3v) is 1.74. The van der Waals surface area contributed by atoms with Crippen LogP contribution in [-0.4, -0.2) is 22.6 Å². The van der Waals surface area contributed by atoms with Crippen LogP contribution in [0.15, 0.2) is 40.6 Å². The first kappa shape index (κ1) is 14.1. The molecule has 9 nitrogen and oxygen atoms in total. The molecule has 0 heterocycles. The molecule has 0 aliphatic heterocycles. The van der Waals surface area contributed by atoms with Crippen LogP contribution in [-0.2, 0) is 9.63 Å². The highest BCUT2D eigenvalue weighted by atomic mass is 16.7. The highest BCUT2D eigenvalue weighted by Crippen LogP contribution is 2.04. The van der Waals surface area contributed by atoms with E-state index in [-0.39, 0.29) is 0 Å². The maximum absolute atomic E-state index is 10.7. The first-order chi connectivity index (χ1) is 9.00. The lowest BCUT2D eigenvalue weighted by atomic mass is 10.3. The number of nitrogens with zero attached hydrogens (tertiary/aromatic N) is 3. The lowest BCUT2D eigenvalue weighted by molar-refractivity contribution is -0.346. The molecule has 0 saturated heterocycles. The van der Waals surface area contributed by atoms with Crippen molar-refractivity contribution in [2.75, 3.05) is 5.43 Å². The Morgan fingerprint density at radius 2 is 2.05 bits per heavy atom. The first-order valence-corrected chi connectivity index (χ1v) is 5.05. The van der Waals surface area contributed by atoms with E-state index in [0.717, 1.165) is 6.92 Å². The molecular weight excluding hydrogens is 254 g/mol. The van der Waals surface area contributed by atoms with E-state index in [1.54, 1.807) is 30.3 Å². The summed E-state index contributed by atoms with van der Waals surface area (Å²) >= 11 is 0. The van der Waals surface area contributed by atoms with Crippen LogP contribution in [0.4, 0.5) is 5.69 Å². The molecule has 0 fully saturated rings. The van der Waals surface area contributed by atoms with Crippen molar-refractivity contribution in [2.24, 2.45) is 16.0 Å². The van der Waals surface area contributed by atoms with Gasteiger partial charge in [-0.15, -0.1) is 0 Å². The van der Waals surface area contributed by atoms with Gasteiger partial charge in [-0.25, -0.2) is 4.79 Å². The number of hydrogen-bond donors (Lipinski definition) is 2. The Labute approximate surface area is 107 Å². The topological polar surface area (TPSA) is 132 Å². The molecule has 0 spiro atoms. The Balaban J connectivity index is 2.85. The van der Waals surface area contributed by atoms with Crippen LogP contribution in [0, 0.1) is 10.1 Å². The molecule has 19 heavy (non-hydrogen) atoms. The minimum absolute atomic E-state index is 0.530. The summed E-state index contributed by atoms with van der Waals surface area (Å²) in [4.78, 5) is 24.6. The van der Waals surface area contributed by atoms with E-state index in [1.165, 1.54) is 0 Å². The Morgan fingerprint density at radius 3 is 2.58 bits per heavy atom. The smallest absolute Gasteiger partial charge is 0.374 e. The van der Waals surface area contributed by atoms with E-state index in [0.29, 0.717) is 5.69 Å². The van der Waals surface area contributed by atoms with Crippen molar-refractivity contribution in [3.8, 4) is 0 Å². The zero-order valence-corrected chi connectivity index (χ0v) is 9.94. The molecule has 0 aromatic heterocycles. The average Bonchev–Trinajstić information content (AvgIpc) is 2.37. The van der Waals surface area contributed by atoms with Crippen molar-refractivity contribution < 1.29 is 14.6 Å². The monoisotopic (exact) mass is 265 g/mol.